The fourth-order valence-electron chi connectivity index (χ4n) is 1.93. The van der Waals surface area contributed by atoms with Gasteiger partial charge in [-0.2, -0.15) is 0 Å². The monoisotopic (exact) mass is 251 g/mol. The second-order valence-corrected chi connectivity index (χ2v) is 5.50. The first kappa shape index (κ1) is 14.7. The molecule has 0 aliphatic heterocycles. The summed E-state index contributed by atoms with van der Waals surface area (Å²) in [5.74, 6) is 8.95. The Balaban J connectivity index is 2.99. The van der Waals surface area contributed by atoms with Gasteiger partial charge in [-0.05, 0) is 18.8 Å². The minimum absolute atomic E-state index is 0.591. The third kappa shape index (κ3) is 4.49. The molecule has 0 saturated heterocycles. The molecule has 0 fully saturated rings. The highest BCUT2D eigenvalue weighted by molar-refractivity contribution is 5.48. The highest BCUT2D eigenvalue weighted by Gasteiger charge is 2.13. The zero-order chi connectivity index (χ0) is 13.7. The number of nitrogens with one attached hydrogen (secondary N) is 1. The average Bonchev–Trinajstić information content (AvgIpc) is 2.26. The summed E-state index contributed by atoms with van der Waals surface area (Å²) < 4.78 is 0. The van der Waals surface area contributed by atoms with Gasteiger partial charge in [-0.3, -0.25) is 0 Å². The summed E-state index contributed by atoms with van der Waals surface area (Å²) in [5, 5.41) is 0. The van der Waals surface area contributed by atoms with E-state index >= 15 is 0 Å². The molecular weight excluding hydrogens is 226 g/mol. The molecule has 0 spiro atoms. The maximum Gasteiger partial charge on any atom is 0.145 e. The Morgan fingerprint density at radius 3 is 2.17 bits per heavy atom. The van der Waals surface area contributed by atoms with Gasteiger partial charge in [0.15, 0.2) is 0 Å². The van der Waals surface area contributed by atoms with Crippen LogP contribution in [0.1, 0.15) is 33.5 Å². The molecule has 102 valence electrons. The van der Waals surface area contributed by atoms with E-state index in [0.717, 1.165) is 24.7 Å². The zero-order valence-electron chi connectivity index (χ0n) is 12.1. The van der Waals surface area contributed by atoms with Crippen LogP contribution in [0.25, 0.3) is 0 Å². The van der Waals surface area contributed by atoms with E-state index in [0.29, 0.717) is 17.7 Å². The second-order valence-electron chi connectivity index (χ2n) is 5.50. The average molecular weight is 251 g/mol. The van der Waals surface area contributed by atoms with E-state index in [9.17, 15) is 0 Å². The highest BCUT2D eigenvalue weighted by atomic mass is 15.3. The van der Waals surface area contributed by atoms with E-state index in [1.165, 1.54) is 0 Å². The molecule has 1 aromatic rings. The molecule has 18 heavy (non-hydrogen) atoms. The van der Waals surface area contributed by atoms with Crippen molar-refractivity contribution in [2.45, 2.75) is 34.6 Å². The molecule has 1 aromatic heterocycles. The second kappa shape index (κ2) is 6.54. The topological polar surface area (TPSA) is 67.1 Å². The van der Waals surface area contributed by atoms with Crippen LogP contribution < -0.4 is 16.2 Å². The van der Waals surface area contributed by atoms with Crippen LogP contribution in [0.2, 0.25) is 0 Å². The van der Waals surface area contributed by atoms with E-state index in [2.05, 4.69) is 48.0 Å². The molecule has 5 nitrogen and oxygen atoms in total. The Morgan fingerprint density at radius 1 is 1.17 bits per heavy atom. The van der Waals surface area contributed by atoms with Crippen LogP contribution in [-0.2, 0) is 0 Å². The first-order chi connectivity index (χ1) is 8.42. The quantitative estimate of drug-likeness (QED) is 0.599. The van der Waals surface area contributed by atoms with Crippen LogP contribution in [0.4, 0.5) is 11.6 Å². The Bertz CT molecular complexity index is 366. The number of aromatic nitrogens is 2. The summed E-state index contributed by atoms with van der Waals surface area (Å²) in [6.45, 7) is 12.7. The lowest BCUT2D eigenvalue weighted by Gasteiger charge is -2.27. The molecule has 5 heteroatoms. The number of hydrogen-bond acceptors (Lipinski definition) is 5. The van der Waals surface area contributed by atoms with Crippen molar-refractivity contribution in [2.24, 2.45) is 17.7 Å². The summed E-state index contributed by atoms with van der Waals surface area (Å²) in [4.78, 5) is 11.0. The molecule has 0 unspecified atom stereocenters. The number of nitrogens with two attached hydrogens (primary N) is 1. The number of nitrogens with zero attached hydrogens (tertiary/aromatic N) is 3. The molecule has 0 amide bonds. The fraction of sp³-hybridized carbons (Fsp3) is 0.692. The van der Waals surface area contributed by atoms with E-state index < -0.39 is 0 Å². The van der Waals surface area contributed by atoms with Crippen molar-refractivity contribution < 1.29 is 0 Å². The first-order valence-electron chi connectivity index (χ1n) is 6.49. The van der Waals surface area contributed by atoms with Crippen LogP contribution in [0, 0.1) is 18.8 Å². The SMILES string of the molecule is Cc1nc(NN)cc(N(CC(C)C)CC(C)C)n1. The lowest BCUT2D eigenvalue weighted by atomic mass is 10.1. The normalized spacial score (nSPS) is 11.1. The third-order valence-electron chi connectivity index (χ3n) is 2.47. The smallest absolute Gasteiger partial charge is 0.145 e. The molecule has 1 rings (SSSR count). The van der Waals surface area contributed by atoms with Crippen molar-refractivity contribution in [3.05, 3.63) is 11.9 Å². The van der Waals surface area contributed by atoms with Crippen molar-refractivity contribution in [1.29, 1.82) is 0 Å². The number of hydrazine groups is 1. The Kier molecular flexibility index (Phi) is 5.34. The Labute approximate surface area is 110 Å². The van der Waals surface area contributed by atoms with Gasteiger partial charge in [0.05, 0.1) is 0 Å². The van der Waals surface area contributed by atoms with Crippen LogP contribution >= 0.6 is 0 Å². The summed E-state index contributed by atoms with van der Waals surface area (Å²) in [7, 11) is 0. The largest absolute Gasteiger partial charge is 0.356 e. The molecule has 0 radical (unpaired) electrons. The van der Waals surface area contributed by atoms with E-state index in [-0.39, 0.29) is 0 Å². The third-order valence-corrected chi connectivity index (χ3v) is 2.47. The Morgan fingerprint density at radius 2 is 1.72 bits per heavy atom. The summed E-state index contributed by atoms with van der Waals surface area (Å²) in [5.41, 5.74) is 2.59. The molecule has 0 aliphatic carbocycles. The van der Waals surface area contributed by atoms with Crippen molar-refractivity contribution in [3.8, 4) is 0 Å². The minimum Gasteiger partial charge on any atom is -0.356 e. The van der Waals surface area contributed by atoms with Gasteiger partial charge in [0.25, 0.3) is 0 Å². The lowest BCUT2D eigenvalue weighted by Crippen LogP contribution is -2.32. The number of aryl methyl sites for hydroxylation is 1. The van der Waals surface area contributed by atoms with Crippen molar-refractivity contribution in [3.63, 3.8) is 0 Å². The van der Waals surface area contributed by atoms with Crippen molar-refractivity contribution in [2.75, 3.05) is 23.4 Å². The van der Waals surface area contributed by atoms with Gasteiger partial charge < -0.3 is 10.3 Å². The minimum atomic E-state index is 0.591. The van der Waals surface area contributed by atoms with E-state index in [1.54, 1.807) is 0 Å². The van der Waals surface area contributed by atoms with Gasteiger partial charge in [0.2, 0.25) is 0 Å². The number of nitrogen functional groups attached to an aromatic ring is 1. The van der Waals surface area contributed by atoms with Crippen LogP contribution in [0.3, 0.4) is 0 Å². The van der Waals surface area contributed by atoms with Crippen molar-refractivity contribution in [1.82, 2.24) is 9.97 Å². The van der Waals surface area contributed by atoms with Crippen LogP contribution in [-0.4, -0.2) is 23.1 Å². The Hall–Kier alpha value is -1.36. The van der Waals surface area contributed by atoms with Gasteiger partial charge in [-0.1, -0.05) is 27.7 Å². The first-order valence-corrected chi connectivity index (χ1v) is 6.49. The number of anilines is 2. The van der Waals surface area contributed by atoms with Gasteiger partial charge in [-0.15, -0.1) is 0 Å². The van der Waals surface area contributed by atoms with E-state index in [4.69, 9.17) is 5.84 Å². The summed E-state index contributed by atoms with van der Waals surface area (Å²) >= 11 is 0. The van der Waals surface area contributed by atoms with Gasteiger partial charge in [0.1, 0.15) is 17.5 Å². The molecule has 0 atom stereocenters. The number of hydrogen-bond donors (Lipinski definition) is 2. The number of rotatable bonds is 6. The predicted octanol–water partition coefficient (Wildman–Crippen LogP) is 2.19. The van der Waals surface area contributed by atoms with Crippen molar-refractivity contribution >= 4 is 11.6 Å². The molecule has 0 bridgehead atoms. The lowest BCUT2D eigenvalue weighted by molar-refractivity contribution is 0.548. The summed E-state index contributed by atoms with van der Waals surface area (Å²) in [6, 6.07) is 1.90. The van der Waals surface area contributed by atoms with Crippen LogP contribution in [0.5, 0.6) is 0 Å². The molecular formula is C13H25N5. The highest BCUT2D eigenvalue weighted by Crippen LogP contribution is 2.18. The predicted molar refractivity (Wildman–Crippen MR) is 76.5 cm³/mol. The standard InChI is InChI=1S/C13H25N5/c1-9(2)7-18(8-10(3)4)13-6-12(17-14)15-11(5)16-13/h6,9-10H,7-8,14H2,1-5H3,(H,15,16,17). The maximum absolute atomic E-state index is 5.43. The van der Waals surface area contributed by atoms with E-state index in [1.807, 2.05) is 13.0 Å². The maximum atomic E-state index is 5.43. The molecule has 0 aromatic carbocycles. The van der Waals surface area contributed by atoms with Gasteiger partial charge >= 0.3 is 0 Å². The fourth-order valence-corrected chi connectivity index (χ4v) is 1.93. The van der Waals surface area contributed by atoms with Gasteiger partial charge in [0, 0.05) is 19.2 Å². The molecule has 0 saturated carbocycles. The molecule has 1 heterocycles. The zero-order valence-corrected chi connectivity index (χ0v) is 12.1. The molecule has 0 aliphatic rings. The van der Waals surface area contributed by atoms with Gasteiger partial charge in [-0.25, -0.2) is 15.8 Å². The van der Waals surface area contributed by atoms with Crippen LogP contribution in [0.15, 0.2) is 6.07 Å². The molecule has 3 N–H and O–H groups in total. The summed E-state index contributed by atoms with van der Waals surface area (Å²) in [6.07, 6.45) is 0.